The fourth-order valence-corrected chi connectivity index (χ4v) is 3.57. The number of carbonyl (C=O) groups excluding carboxylic acids is 1. The van der Waals surface area contributed by atoms with Crippen molar-refractivity contribution in [3.8, 4) is 6.07 Å². The molecule has 2 heterocycles. The van der Waals surface area contributed by atoms with Gasteiger partial charge in [-0.05, 0) is 35.0 Å². The molecule has 0 saturated heterocycles. The minimum atomic E-state index is -0.558. The van der Waals surface area contributed by atoms with Crippen molar-refractivity contribution in [2.75, 3.05) is 7.11 Å². The fraction of sp³-hybridized carbons (Fsp3) is 0.231. The second kappa shape index (κ2) is 5.69. The van der Waals surface area contributed by atoms with Crippen LogP contribution in [0, 0.1) is 11.3 Å². The SMILES string of the molecule is COC(=O)C1=C(C)OC(N)=C(C#N)[C@@H]1c1ccc(Br)s1. The third-order valence-electron chi connectivity index (χ3n) is 2.89. The highest BCUT2D eigenvalue weighted by Crippen LogP contribution is 2.42. The van der Waals surface area contributed by atoms with E-state index in [1.165, 1.54) is 18.4 Å². The number of halogens is 1. The van der Waals surface area contributed by atoms with Gasteiger partial charge >= 0.3 is 5.97 Å². The van der Waals surface area contributed by atoms with Gasteiger partial charge in [0.1, 0.15) is 17.4 Å². The van der Waals surface area contributed by atoms with E-state index in [1.54, 1.807) is 6.92 Å². The third kappa shape index (κ3) is 2.44. The van der Waals surface area contributed by atoms with E-state index < -0.39 is 11.9 Å². The Morgan fingerprint density at radius 1 is 1.60 bits per heavy atom. The number of ether oxygens (including phenoxy) is 2. The number of esters is 1. The molecule has 5 nitrogen and oxygen atoms in total. The van der Waals surface area contributed by atoms with Crippen LogP contribution in [0.1, 0.15) is 17.7 Å². The van der Waals surface area contributed by atoms with Crippen molar-refractivity contribution in [3.05, 3.63) is 43.6 Å². The molecule has 0 fully saturated rings. The molecule has 2 rings (SSSR count). The average Bonchev–Trinajstić information content (AvgIpc) is 2.83. The van der Waals surface area contributed by atoms with Crippen molar-refractivity contribution in [2.45, 2.75) is 12.8 Å². The van der Waals surface area contributed by atoms with Gasteiger partial charge in [0.2, 0.25) is 5.88 Å². The van der Waals surface area contributed by atoms with Crippen molar-refractivity contribution in [3.63, 3.8) is 0 Å². The Morgan fingerprint density at radius 2 is 2.30 bits per heavy atom. The van der Waals surface area contributed by atoms with Gasteiger partial charge in [-0.15, -0.1) is 11.3 Å². The summed E-state index contributed by atoms with van der Waals surface area (Å²) in [5, 5.41) is 9.31. The topological polar surface area (TPSA) is 85.3 Å². The highest BCUT2D eigenvalue weighted by molar-refractivity contribution is 9.11. The Morgan fingerprint density at radius 3 is 2.80 bits per heavy atom. The Balaban J connectivity index is 2.62. The lowest BCUT2D eigenvalue weighted by atomic mass is 9.88. The minimum Gasteiger partial charge on any atom is -0.466 e. The zero-order chi connectivity index (χ0) is 14.9. The van der Waals surface area contributed by atoms with E-state index in [1.807, 2.05) is 18.2 Å². The predicted molar refractivity (Wildman–Crippen MR) is 77.4 cm³/mol. The van der Waals surface area contributed by atoms with Crippen LogP contribution in [0.3, 0.4) is 0 Å². The summed E-state index contributed by atoms with van der Waals surface area (Å²) in [5.74, 6) is -0.718. The van der Waals surface area contributed by atoms with Crippen molar-refractivity contribution in [1.29, 1.82) is 5.26 Å². The van der Waals surface area contributed by atoms with Gasteiger partial charge in [0.05, 0.1) is 22.4 Å². The van der Waals surface area contributed by atoms with Crippen LogP contribution in [0.15, 0.2) is 38.7 Å². The second-order valence-corrected chi connectivity index (χ2v) is 6.52. The summed E-state index contributed by atoms with van der Waals surface area (Å²) < 4.78 is 11.0. The molecule has 1 aliphatic heterocycles. The number of carbonyl (C=O) groups is 1. The molecule has 1 aliphatic rings. The van der Waals surface area contributed by atoms with Crippen molar-refractivity contribution in [1.82, 2.24) is 0 Å². The van der Waals surface area contributed by atoms with Crippen LogP contribution < -0.4 is 5.73 Å². The summed E-state index contributed by atoms with van der Waals surface area (Å²) in [5.41, 5.74) is 6.27. The van der Waals surface area contributed by atoms with E-state index in [4.69, 9.17) is 15.2 Å². The Labute approximate surface area is 128 Å². The van der Waals surface area contributed by atoms with Crippen molar-refractivity contribution < 1.29 is 14.3 Å². The fourth-order valence-electron chi connectivity index (χ4n) is 2.02. The summed E-state index contributed by atoms with van der Waals surface area (Å²) in [6.45, 7) is 1.63. The molecule has 0 spiro atoms. The van der Waals surface area contributed by atoms with Crippen LogP contribution in [-0.4, -0.2) is 13.1 Å². The van der Waals surface area contributed by atoms with Gasteiger partial charge in [0.15, 0.2) is 0 Å². The van der Waals surface area contributed by atoms with E-state index in [-0.39, 0.29) is 11.5 Å². The maximum Gasteiger partial charge on any atom is 0.338 e. The smallest absolute Gasteiger partial charge is 0.338 e. The quantitative estimate of drug-likeness (QED) is 0.825. The van der Waals surface area contributed by atoms with Crippen molar-refractivity contribution in [2.24, 2.45) is 5.73 Å². The molecule has 2 N–H and O–H groups in total. The maximum absolute atomic E-state index is 12.0. The molecule has 0 bridgehead atoms. The number of allylic oxidation sites excluding steroid dienone is 2. The lowest BCUT2D eigenvalue weighted by molar-refractivity contribution is -0.136. The first kappa shape index (κ1) is 14.6. The molecular weight excluding hydrogens is 344 g/mol. The van der Waals surface area contributed by atoms with Crippen LogP contribution >= 0.6 is 27.3 Å². The summed E-state index contributed by atoms with van der Waals surface area (Å²) in [6.07, 6.45) is 0. The standard InChI is InChI=1S/C13H11BrN2O3S/c1-6-10(13(17)18-2)11(7(5-15)12(16)19-6)8-3-4-9(14)20-8/h3-4,11H,16H2,1-2H3/t11-/m1/s1. The Hall–Kier alpha value is -1.78. The molecule has 0 saturated carbocycles. The first-order valence-electron chi connectivity index (χ1n) is 5.61. The van der Waals surface area contributed by atoms with Gasteiger partial charge in [0, 0.05) is 4.88 Å². The van der Waals surface area contributed by atoms with E-state index in [0.29, 0.717) is 11.3 Å². The van der Waals surface area contributed by atoms with Crippen molar-refractivity contribution >= 4 is 33.2 Å². The molecule has 0 aromatic carbocycles. The number of nitrogens with two attached hydrogens (primary N) is 1. The number of nitriles is 1. The number of hydrogen-bond donors (Lipinski definition) is 1. The van der Waals surface area contributed by atoms with Crippen LogP contribution in [0.25, 0.3) is 0 Å². The van der Waals surface area contributed by atoms with Crippen LogP contribution in [0.5, 0.6) is 0 Å². The largest absolute Gasteiger partial charge is 0.466 e. The van der Waals surface area contributed by atoms with Crippen LogP contribution in [0.4, 0.5) is 0 Å². The number of hydrogen-bond acceptors (Lipinski definition) is 6. The van der Waals surface area contributed by atoms with Gasteiger partial charge in [0.25, 0.3) is 0 Å². The van der Waals surface area contributed by atoms with Gasteiger partial charge < -0.3 is 15.2 Å². The predicted octanol–water partition coefficient (Wildman–Crippen LogP) is 2.77. The highest BCUT2D eigenvalue weighted by atomic mass is 79.9. The summed E-state index contributed by atoms with van der Waals surface area (Å²) >= 11 is 4.80. The second-order valence-electron chi connectivity index (χ2n) is 4.03. The molecule has 7 heteroatoms. The molecule has 1 aromatic rings. The maximum atomic E-state index is 12.0. The minimum absolute atomic E-state index is 0.0205. The number of nitrogens with zero attached hydrogens (tertiary/aromatic N) is 1. The molecule has 0 amide bonds. The van der Waals surface area contributed by atoms with Crippen LogP contribution in [0.2, 0.25) is 0 Å². The summed E-state index contributed by atoms with van der Waals surface area (Å²) in [7, 11) is 1.29. The molecule has 0 unspecified atom stereocenters. The first-order valence-corrected chi connectivity index (χ1v) is 7.22. The number of methoxy groups -OCH3 is 1. The zero-order valence-corrected chi connectivity index (χ0v) is 13.2. The summed E-state index contributed by atoms with van der Waals surface area (Å²) in [6, 6.07) is 5.71. The third-order valence-corrected chi connectivity index (χ3v) is 4.58. The lowest BCUT2D eigenvalue weighted by Gasteiger charge is -2.25. The lowest BCUT2D eigenvalue weighted by Crippen LogP contribution is -2.24. The molecular formula is C13H11BrN2O3S. The molecule has 0 aliphatic carbocycles. The molecule has 20 heavy (non-hydrogen) atoms. The first-order chi connectivity index (χ1) is 9.49. The monoisotopic (exact) mass is 354 g/mol. The molecule has 1 atom stereocenters. The highest BCUT2D eigenvalue weighted by Gasteiger charge is 2.36. The Kier molecular flexibility index (Phi) is 4.16. The molecule has 104 valence electrons. The van der Waals surface area contributed by atoms with Crippen LogP contribution in [-0.2, 0) is 14.3 Å². The zero-order valence-electron chi connectivity index (χ0n) is 10.8. The van der Waals surface area contributed by atoms with Gasteiger partial charge in [-0.25, -0.2) is 4.79 Å². The van der Waals surface area contributed by atoms with E-state index >= 15 is 0 Å². The van der Waals surface area contributed by atoms with Gasteiger partial charge in [-0.3, -0.25) is 0 Å². The Bertz CT molecular complexity index is 669. The number of thiophene rings is 1. The average molecular weight is 355 g/mol. The summed E-state index contributed by atoms with van der Waals surface area (Å²) in [4.78, 5) is 12.8. The van der Waals surface area contributed by atoms with Gasteiger partial charge in [-0.1, -0.05) is 0 Å². The van der Waals surface area contributed by atoms with E-state index in [0.717, 1.165) is 8.66 Å². The number of rotatable bonds is 2. The van der Waals surface area contributed by atoms with E-state index in [9.17, 15) is 10.1 Å². The molecule has 1 aromatic heterocycles. The van der Waals surface area contributed by atoms with Gasteiger partial charge in [-0.2, -0.15) is 5.26 Å². The molecule has 0 radical (unpaired) electrons. The van der Waals surface area contributed by atoms with E-state index in [2.05, 4.69) is 15.9 Å². The normalized spacial score (nSPS) is 18.6.